The Labute approximate surface area is 108 Å². The van der Waals surface area contributed by atoms with E-state index in [1.807, 2.05) is 0 Å². The van der Waals surface area contributed by atoms with Crippen molar-refractivity contribution in [2.24, 2.45) is 0 Å². The fourth-order valence-electron chi connectivity index (χ4n) is 1.27. The number of hydrogen-bond donors (Lipinski definition) is 1. The fraction of sp³-hybridized carbons (Fsp3) is 0.273. The maximum absolute atomic E-state index is 4.41. The van der Waals surface area contributed by atoms with E-state index in [2.05, 4.69) is 48.1 Å². The molecule has 0 saturated heterocycles. The molecule has 0 fully saturated rings. The monoisotopic (exact) mass is 293 g/mol. The lowest BCUT2D eigenvalue weighted by molar-refractivity contribution is 0.962. The maximum Gasteiger partial charge on any atom is 0.181 e. The van der Waals surface area contributed by atoms with Gasteiger partial charge in [0.2, 0.25) is 0 Å². The van der Waals surface area contributed by atoms with Crippen molar-refractivity contribution in [3.63, 3.8) is 0 Å². The van der Waals surface area contributed by atoms with Gasteiger partial charge >= 0.3 is 0 Å². The molecule has 0 aliphatic heterocycles. The lowest BCUT2D eigenvalue weighted by Crippen LogP contribution is -2.04. The summed E-state index contributed by atoms with van der Waals surface area (Å²) >= 11 is 3.41. The zero-order chi connectivity index (χ0) is 12.1. The third-order valence-electron chi connectivity index (χ3n) is 2.08. The molecule has 0 radical (unpaired) electrons. The third-order valence-corrected chi connectivity index (χ3v) is 2.66. The Morgan fingerprint density at radius 3 is 2.82 bits per heavy atom. The Bertz CT molecular complexity index is 488. The first-order chi connectivity index (χ1) is 8.31. The molecular weight excluding hydrogens is 282 g/mol. The average Bonchev–Trinajstić information content (AvgIpc) is 2.39. The topological polar surface area (TPSA) is 63.6 Å². The standard InChI is InChI=1S/C11H12BrN5/c1-2-3-15-10-8(12)6-16-11(17-10)9-7-13-4-5-14-9/h4-7H,2-3H2,1H3,(H,15,16,17). The van der Waals surface area contributed by atoms with Crippen LogP contribution >= 0.6 is 15.9 Å². The van der Waals surface area contributed by atoms with Crippen LogP contribution in [0.3, 0.4) is 0 Å². The van der Waals surface area contributed by atoms with Gasteiger partial charge in [-0.1, -0.05) is 6.92 Å². The summed E-state index contributed by atoms with van der Waals surface area (Å²) in [7, 11) is 0. The SMILES string of the molecule is CCCNc1nc(-c2cnccn2)ncc1Br. The van der Waals surface area contributed by atoms with Gasteiger partial charge in [0.15, 0.2) is 5.82 Å². The zero-order valence-electron chi connectivity index (χ0n) is 9.39. The summed E-state index contributed by atoms with van der Waals surface area (Å²) in [4.78, 5) is 16.8. The number of nitrogens with zero attached hydrogens (tertiary/aromatic N) is 4. The average molecular weight is 294 g/mol. The number of rotatable bonds is 4. The molecule has 0 saturated carbocycles. The summed E-state index contributed by atoms with van der Waals surface area (Å²) in [5.41, 5.74) is 0.666. The Balaban J connectivity index is 2.31. The number of aromatic nitrogens is 4. The molecular formula is C11H12BrN5. The van der Waals surface area contributed by atoms with Crippen LogP contribution in [0.1, 0.15) is 13.3 Å². The second-order valence-electron chi connectivity index (χ2n) is 3.41. The molecule has 88 valence electrons. The van der Waals surface area contributed by atoms with E-state index in [1.54, 1.807) is 24.8 Å². The number of anilines is 1. The van der Waals surface area contributed by atoms with E-state index in [0.29, 0.717) is 11.5 Å². The van der Waals surface area contributed by atoms with Crippen LogP contribution in [0.15, 0.2) is 29.3 Å². The highest BCUT2D eigenvalue weighted by molar-refractivity contribution is 9.10. The van der Waals surface area contributed by atoms with Crippen molar-refractivity contribution in [1.29, 1.82) is 0 Å². The van der Waals surface area contributed by atoms with E-state index in [4.69, 9.17) is 0 Å². The van der Waals surface area contributed by atoms with Gasteiger partial charge in [0.1, 0.15) is 11.5 Å². The van der Waals surface area contributed by atoms with E-state index in [-0.39, 0.29) is 0 Å². The molecule has 0 atom stereocenters. The smallest absolute Gasteiger partial charge is 0.181 e. The molecule has 2 rings (SSSR count). The van der Waals surface area contributed by atoms with E-state index < -0.39 is 0 Å². The van der Waals surface area contributed by atoms with Crippen LogP contribution in [0.25, 0.3) is 11.5 Å². The quantitative estimate of drug-likeness (QED) is 0.938. The molecule has 0 aliphatic carbocycles. The molecule has 17 heavy (non-hydrogen) atoms. The lowest BCUT2D eigenvalue weighted by atomic mass is 10.4. The van der Waals surface area contributed by atoms with Crippen LogP contribution in [0, 0.1) is 0 Å². The van der Waals surface area contributed by atoms with Gasteiger partial charge in [0.05, 0.1) is 10.7 Å². The molecule has 1 N–H and O–H groups in total. The van der Waals surface area contributed by atoms with Crippen LogP contribution < -0.4 is 5.32 Å². The Morgan fingerprint density at radius 1 is 1.24 bits per heavy atom. The first kappa shape index (κ1) is 11.9. The summed E-state index contributed by atoms with van der Waals surface area (Å²) in [5, 5.41) is 3.23. The molecule has 6 heteroatoms. The summed E-state index contributed by atoms with van der Waals surface area (Å²) < 4.78 is 0.846. The van der Waals surface area contributed by atoms with Gasteiger partial charge in [0, 0.05) is 25.1 Å². The molecule has 5 nitrogen and oxygen atoms in total. The van der Waals surface area contributed by atoms with Crippen molar-refractivity contribution in [3.8, 4) is 11.5 Å². The molecule has 0 aliphatic rings. The predicted octanol–water partition coefficient (Wildman–Crippen LogP) is 2.52. The van der Waals surface area contributed by atoms with Gasteiger partial charge < -0.3 is 5.32 Å². The molecule has 0 unspecified atom stereocenters. The van der Waals surface area contributed by atoms with Crippen LogP contribution in [-0.4, -0.2) is 26.5 Å². The first-order valence-corrected chi connectivity index (χ1v) is 6.13. The van der Waals surface area contributed by atoms with Crippen molar-refractivity contribution in [1.82, 2.24) is 19.9 Å². The van der Waals surface area contributed by atoms with Gasteiger partial charge in [-0.2, -0.15) is 0 Å². The second kappa shape index (κ2) is 5.67. The molecule has 2 heterocycles. The molecule has 2 aromatic heterocycles. The van der Waals surface area contributed by atoms with E-state index in [1.165, 1.54) is 0 Å². The molecule has 0 bridgehead atoms. The summed E-state index contributed by atoms with van der Waals surface area (Å²) in [6.45, 7) is 2.97. The Kier molecular flexibility index (Phi) is 3.98. The largest absolute Gasteiger partial charge is 0.369 e. The van der Waals surface area contributed by atoms with Crippen molar-refractivity contribution < 1.29 is 0 Å². The van der Waals surface area contributed by atoms with E-state index in [0.717, 1.165) is 23.3 Å². The minimum Gasteiger partial charge on any atom is -0.369 e. The van der Waals surface area contributed by atoms with Crippen LogP contribution in [0.4, 0.5) is 5.82 Å². The Hall–Kier alpha value is -1.56. The van der Waals surface area contributed by atoms with Crippen LogP contribution in [0.5, 0.6) is 0 Å². The third kappa shape index (κ3) is 2.97. The fourth-order valence-corrected chi connectivity index (χ4v) is 1.60. The highest BCUT2D eigenvalue weighted by Gasteiger charge is 2.07. The molecule has 0 spiro atoms. The second-order valence-corrected chi connectivity index (χ2v) is 4.26. The minimum atomic E-state index is 0.569. The summed E-state index contributed by atoms with van der Waals surface area (Å²) in [6.07, 6.45) is 7.65. The minimum absolute atomic E-state index is 0.569. The van der Waals surface area contributed by atoms with E-state index in [9.17, 15) is 0 Å². The summed E-state index contributed by atoms with van der Waals surface area (Å²) in [5.74, 6) is 1.35. The maximum atomic E-state index is 4.41. The van der Waals surface area contributed by atoms with Gasteiger partial charge in [-0.05, 0) is 22.4 Å². The summed E-state index contributed by atoms with van der Waals surface area (Å²) in [6, 6.07) is 0. The van der Waals surface area contributed by atoms with Crippen LogP contribution in [0.2, 0.25) is 0 Å². The highest BCUT2D eigenvalue weighted by atomic mass is 79.9. The molecule has 0 aromatic carbocycles. The van der Waals surface area contributed by atoms with Gasteiger partial charge in [0.25, 0.3) is 0 Å². The molecule has 0 amide bonds. The first-order valence-electron chi connectivity index (χ1n) is 5.34. The number of hydrogen-bond acceptors (Lipinski definition) is 5. The Morgan fingerprint density at radius 2 is 2.12 bits per heavy atom. The zero-order valence-corrected chi connectivity index (χ0v) is 11.0. The number of nitrogens with one attached hydrogen (secondary N) is 1. The van der Waals surface area contributed by atoms with E-state index >= 15 is 0 Å². The van der Waals surface area contributed by atoms with Gasteiger partial charge in [-0.25, -0.2) is 15.0 Å². The van der Waals surface area contributed by atoms with Crippen molar-refractivity contribution >= 4 is 21.7 Å². The van der Waals surface area contributed by atoms with Gasteiger partial charge in [-0.3, -0.25) is 4.98 Å². The molecule has 2 aromatic rings. The lowest BCUT2D eigenvalue weighted by Gasteiger charge is -2.07. The van der Waals surface area contributed by atoms with Crippen LogP contribution in [-0.2, 0) is 0 Å². The van der Waals surface area contributed by atoms with Crippen molar-refractivity contribution in [2.75, 3.05) is 11.9 Å². The van der Waals surface area contributed by atoms with Gasteiger partial charge in [-0.15, -0.1) is 0 Å². The number of halogens is 1. The van der Waals surface area contributed by atoms with Crippen molar-refractivity contribution in [3.05, 3.63) is 29.3 Å². The normalized spacial score (nSPS) is 10.2. The highest BCUT2D eigenvalue weighted by Crippen LogP contribution is 2.21. The van der Waals surface area contributed by atoms with Crippen molar-refractivity contribution in [2.45, 2.75) is 13.3 Å². The predicted molar refractivity (Wildman–Crippen MR) is 69.5 cm³/mol.